The van der Waals surface area contributed by atoms with Gasteiger partial charge in [0.2, 0.25) is 5.91 Å². The monoisotopic (exact) mass is 390 g/mol. The van der Waals surface area contributed by atoms with Gasteiger partial charge in [0, 0.05) is 18.2 Å². The fourth-order valence-corrected chi connectivity index (χ4v) is 3.26. The molecular formula is C19H23ClN4O3. The summed E-state index contributed by atoms with van der Waals surface area (Å²) in [6.45, 7) is 7.68. The number of hydrogen-bond donors (Lipinski definition) is 1. The van der Waals surface area contributed by atoms with E-state index in [4.69, 9.17) is 16.3 Å². The molecule has 0 saturated carbocycles. The topological polar surface area (TPSA) is 83.4 Å². The second-order valence-electron chi connectivity index (χ2n) is 6.88. The molecule has 7 nitrogen and oxygen atoms in total. The Kier molecular flexibility index (Phi) is 5.92. The minimum Gasteiger partial charge on any atom is -0.379 e. The number of fused-ring (bicyclic) bond motifs is 2. The number of halogens is 1. The quantitative estimate of drug-likeness (QED) is 0.597. The molecule has 0 aliphatic carbocycles. The van der Waals surface area contributed by atoms with Crippen LogP contribution in [-0.2, 0) is 20.7 Å². The van der Waals surface area contributed by atoms with E-state index in [9.17, 15) is 9.59 Å². The Labute approximate surface area is 163 Å². The van der Waals surface area contributed by atoms with Crippen LogP contribution in [0.15, 0.2) is 22.1 Å². The molecule has 2 aliphatic heterocycles. The van der Waals surface area contributed by atoms with Crippen molar-refractivity contribution in [1.29, 1.82) is 0 Å². The van der Waals surface area contributed by atoms with Gasteiger partial charge in [0.25, 0.3) is 5.91 Å². The molecule has 1 aromatic rings. The molecule has 144 valence electrons. The number of carbonyl (C=O) groups is 2. The minimum absolute atomic E-state index is 0.118. The van der Waals surface area contributed by atoms with Gasteiger partial charge in [-0.05, 0) is 30.0 Å². The highest BCUT2D eigenvalue weighted by atomic mass is 35.5. The molecule has 0 aromatic heterocycles. The summed E-state index contributed by atoms with van der Waals surface area (Å²) in [6, 6.07) is 3.72. The molecule has 0 bridgehead atoms. The van der Waals surface area contributed by atoms with Crippen molar-refractivity contribution in [3.05, 3.63) is 22.7 Å². The molecule has 0 fully saturated rings. The molecule has 2 heterocycles. The number of hydrogen-bond acceptors (Lipinski definition) is 6. The van der Waals surface area contributed by atoms with E-state index in [0.717, 1.165) is 17.7 Å². The van der Waals surface area contributed by atoms with Crippen LogP contribution in [0.25, 0.3) is 0 Å². The molecule has 2 amide bonds. The van der Waals surface area contributed by atoms with Crippen molar-refractivity contribution in [3.8, 4) is 0 Å². The Morgan fingerprint density at radius 1 is 1.33 bits per heavy atom. The van der Waals surface area contributed by atoms with E-state index in [0.29, 0.717) is 42.2 Å². The Morgan fingerprint density at radius 3 is 2.81 bits per heavy atom. The largest absolute Gasteiger partial charge is 0.379 e. The number of amidine groups is 1. The molecule has 8 heteroatoms. The predicted molar refractivity (Wildman–Crippen MR) is 106 cm³/mol. The van der Waals surface area contributed by atoms with Crippen molar-refractivity contribution >= 4 is 46.3 Å². The number of amides is 2. The molecular weight excluding hydrogens is 368 g/mol. The maximum atomic E-state index is 12.4. The fourth-order valence-electron chi connectivity index (χ4n) is 2.97. The highest BCUT2D eigenvalue weighted by Gasteiger charge is 2.33. The van der Waals surface area contributed by atoms with Gasteiger partial charge in [-0.25, -0.2) is 4.99 Å². The summed E-state index contributed by atoms with van der Waals surface area (Å²) in [5.74, 6) is -0.175. The van der Waals surface area contributed by atoms with Gasteiger partial charge < -0.3 is 9.64 Å². The van der Waals surface area contributed by atoms with E-state index in [1.807, 2.05) is 17.9 Å². The SMILES string of the molecule is CCc1cc2c(cc1Cl)N=C1C(=O)NC(=O)CN=C1N2CCOCC(C)C. The normalized spacial score (nSPS) is 16.4. The second-order valence-corrected chi connectivity index (χ2v) is 7.29. The van der Waals surface area contributed by atoms with Crippen LogP contribution in [0.4, 0.5) is 11.4 Å². The number of carbonyl (C=O) groups excluding carboxylic acids is 2. The van der Waals surface area contributed by atoms with Crippen LogP contribution >= 0.6 is 11.6 Å². The fraction of sp³-hybridized carbons (Fsp3) is 0.474. The van der Waals surface area contributed by atoms with Crippen molar-refractivity contribution in [2.24, 2.45) is 15.9 Å². The summed E-state index contributed by atoms with van der Waals surface area (Å²) < 4.78 is 5.72. The lowest BCUT2D eigenvalue weighted by Gasteiger charge is -2.31. The van der Waals surface area contributed by atoms with Crippen LogP contribution in [0.5, 0.6) is 0 Å². The molecule has 0 spiro atoms. The van der Waals surface area contributed by atoms with Gasteiger partial charge in [-0.3, -0.25) is 19.9 Å². The number of aliphatic imine (C=N–C) groups is 2. The summed E-state index contributed by atoms with van der Waals surface area (Å²) in [5, 5.41) is 2.90. The van der Waals surface area contributed by atoms with E-state index >= 15 is 0 Å². The third kappa shape index (κ3) is 4.20. The summed E-state index contributed by atoms with van der Waals surface area (Å²) in [5.41, 5.74) is 2.50. The van der Waals surface area contributed by atoms with E-state index in [1.165, 1.54) is 0 Å². The molecule has 0 radical (unpaired) electrons. The predicted octanol–water partition coefficient (Wildman–Crippen LogP) is 2.52. The molecule has 27 heavy (non-hydrogen) atoms. The van der Waals surface area contributed by atoms with Crippen molar-refractivity contribution in [3.63, 3.8) is 0 Å². The first-order chi connectivity index (χ1) is 12.9. The lowest BCUT2D eigenvalue weighted by molar-refractivity contribution is -0.126. The lowest BCUT2D eigenvalue weighted by Crippen LogP contribution is -2.46. The van der Waals surface area contributed by atoms with Gasteiger partial charge in [0.15, 0.2) is 11.5 Å². The van der Waals surface area contributed by atoms with E-state index in [1.54, 1.807) is 6.07 Å². The first-order valence-electron chi connectivity index (χ1n) is 9.06. The Morgan fingerprint density at radius 2 is 2.11 bits per heavy atom. The number of imide groups is 1. The first-order valence-corrected chi connectivity index (χ1v) is 9.43. The first kappa shape index (κ1) is 19.5. The van der Waals surface area contributed by atoms with Crippen LogP contribution in [-0.4, -0.2) is 49.7 Å². The number of nitrogens with zero attached hydrogens (tertiary/aromatic N) is 3. The molecule has 2 aliphatic rings. The highest BCUT2D eigenvalue weighted by Crippen LogP contribution is 2.38. The van der Waals surface area contributed by atoms with Gasteiger partial charge in [-0.15, -0.1) is 0 Å². The van der Waals surface area contributed by atoms with Gasteiger partial charge in [-0.2, -0.15) is 0 Å². The number of ether oxygens (including phenoxy) is 1. The van der Waals surface area contributed by atoms with Gasteiger partial charge in [0.05, 0.1) is 18.0 Å². The van der Waals surface area contributed by atoms with Crippen molar-refractivity contribution < 1.29 is 14.3 Å². The number of benzene rings is 1. The third-order valence-corrected chi connectivity index (χ3v) is 4.62. The standard InChI is InChI=1S/C19H23ClN4O3/c1-4-12-7-15-14(8-13(12)20)22-17-18(21-9-16(25)23-19(17)26)24(15)5-6-27-10-11(2)3/h7-8,11H,4-6,9-10H2,1-3H3,(H,23,25,26). The molecule has 1 aromatic carbocycles. The summed E-state index contributed by atoms with van der Waals surface area (Å²) in [4.78, 5) is 34.8. The lowest BCUT2D eigenvalue weighted by atomic mass is 10.1. The number of nitrogens with one attached hydrogen (secondary N) is 1. The van der Waals surface area contributed by atoms with Gasteiger partial charge in [-0.1, -0.05) is 32.4 Å². The number of anilines is 1. The van der Waals surface area contributed by atoms with E-state index < -0.39 is 11.8 Å². The highest BCUT2D eigenvalue weighted by molar-refractivity contribution is 6.71. The zero-order valence-corrected chi connectivity index (χ0v) is 16.5. The summed E-state index contributed by atoms with van der Waals surface area (Å²) in [6.07, 6.45) is 0.770. The van der Waals surface area contributed by atoms with Crippen LogP contribution in [0.2, 0.25) is 5.02 Å². The molecule has 1 N–H and O–H groups in total. The molecule has 0 saturated heterocycles. The van der Waals surface area contributed by atoms with Crippen molar-refractivity contribution in [2.45, 2.75) is 27.2 Å². The Balaban J connectivity index is 2.01. The maximum absolute atomic E-state index is 12.4. The minimum atomic E-state index is -0.550. The van der Waals surface area contributed by atoms with Gasteiger partial charge in [0.1, 0.15) is 6.54 Å². The molecule has 3 rings (SSSR count). The second kappa shape index (κ2) is 8.19. The van der Waals surface area contributed by atoms with Crippen LogP contribution in [0.1, 0.15) is 26.3 Å². The zero-order chi connectivity index (χ0) is 19.6. The third-order valence-electron chi connectivity index (χ3n) is 4.27. The van der Waals surface area contributed by atoms with Crippen LogP contribution in [0.3, 0.4) is 0 Å². The van der Waals surface area contributed by atoms with Crippen molar-refractivity contribution in [1.82, 2.24) is 5.32 Å². The average Bonchev–Trinajstić information content (AvgIpc) is 2.75. The maximum Gasteiger partial charge on any atom is 0.280 e. The van der Waals surface area contributed by atoms with Gasteiger partial charge >= 0.3 is 0 Å². The zero-order valence-electron chi connectivity index (χ0n) is 15.7. The summed E-state index contributed by atoms with van der Waals surface area (Å²) in [7, 11) is 0. The number of aryl methyl sites for hydroxylation is 1. The molecule has 0 unspecified atom stereocenters. The molecule has 0 atom stereocenters. The Hall–Kier alpha value is -2.25. The Bertz CT molecular complexity index is 832. The van der Waals surface area contributed by atoms with Crippen molar-refractivity contribution in [2.75, 3.05) is 31.2 Å². The van der Waals surface area contributed by atoms with Crippen LogP contribution < -0.4 is 10.2 Å². The van der Waals surface area contributed by atoms with E-state index in [2.05, 4.69) is 29.1 Å². The average molecular weight is 391 g/mol. The number of rotatable bonds is 6. The summed E-state index contributed by atoms with van der Waals surface area (Å²) >= 11 is 6.34. The smallest absolute Gasteiger partial charge is 0.280 e. The van der Waals surface area contributed by atoms with Crippen LogP contribution in [0, 0.1) is 5.92 Å². The van der Waals surface area contributed by atoms with E-state index in [-0.39, 0.29) is 12.3 Å².